The van der Waals surface area contributed by atoms with Crippen LogP contribution < -0.4 is 0 Å². The molecule has 5 heavy (non-hydrogen) atoms. The number of rotatable bonds is 0. The van der Waals surface area contributed by atoms with E-state index in [1.165, 1.54) is 0 Å². The highest BCUT2D eigenvalue weighted by Crippen LogP contribution is 2.11. The minimum Gasteiger partial charge on any atom is -0.328 e. The van der Waals surface area contributed by atoms with Gasteiger partial charge in [0, 0.05) is 0 Å². The molecule has 0 aromatic rings. The van der Waals surface area contributed by atoms with Crippen LogP contribution in [0.4, 0.5) is 0 Å². The van der Waals surface area contributed by atoms with Gasteiger partial charge in [-0.05, 0) is 0 Å². The van der Waals surface area contributed by atoms with Gasteiger partial charge in [0.1, 0.15) is 0 Å². The fourth-order valence-electron chi connectivity index (χ4n) is 0. The predicted octanol–water partition coefficient (Wildman–Crippen LogP) is -0.388. The van der Waals surface area contributed by atoms with E-state index in [1.807, 2.05) is 0 Å². The van der Waals surface area contributed by atoms with E-state index in [0.717, 1.165) is 0 Å². The van der Waals surface area contributed by atoms with Crippen LogP contribution in [0.1, 0.15) is 0 Å². The summed E-state index contributed by atoms with van der Waals surface area (Å²) in [4.78, 5) is 21.7. The summed E-state index contributed by atoms with van der Waals surface area (Å²) in [6.07, 6.45) is 0. The summed E-state index contributed by atoms with van der Waals surface area (Å²) < 4.78 is 0. The Bertz CT molecular complexity index is 11.6. The second-order valence-electron chi connectivity index (χ2n) is 0.268. The Morgan fingerprint density at radius 3 is 1.00 bits per heavy atom. The summed E-state index contributed by atoms with van der Waals surface area (Å²) >= 11 is 0. The van der Waals surface area contributed by atoms with Crippen LogP contribution in [-0.2, 0) is 0 Å². The van der Waals surface area contributed by atoms with Crippen molar-refractivity contribution in [3.05, 3.63) is 0 Å². The van der Waals surface area contributed by atoms with Gasteiger partial charge in [0.05, 0.1) is 0 Å². The van der Waals surface area contributed by atoms with Crippen LogP contribution in [-0.4, -0.2) is 14.7 Å². The molecule has 0 unspecified atom stereocenters. The van der Waals surface area contributed by atoms with E-state index >= 15 is 0 Å². The molecule has 0 atom stereocenters. The molecule has 0 aliphatic carbocycles. The lowest BCUT2D eigenvalue weighted by Crippen LogP contribution is -1.54. The average molecular weight is 118 g/mol. The first-order valence-corrected chi connectivity index (χ1v) is 1.80. The fraction of sp³-hybridized carbons (Fsp3) is 0. The van der Waals surface area contributed by atoms with Gasteiger partial charge in [-0.1, -0.05) is 0 Å². The zero-order chi connectivity index (χ0) is 3.58. The maximum atomic E-state index is 7.23. The molecule has 5 heteroatoms. The predicted molar refractivity (Wildman–Crippen MR) is 20.8 cm³/mol. The van der Waals surface area contributed by atoms with E-state index in [4.69, 9.17) is 14.7 Å². The molecule has 34 valence electrons. The molecule has 0 bridgehead atoms. The van der Waals surface area contributed by atoms with Crippen molar-refractivity contribution in [2.45, 2.75) is 0 Å². The van der Waals surface area contributed by atoms with Crippen molar-refractivity contribution in [1.29, 1.82) is 0 Å². The van der Waals surface area contributed by atoms with Crippen LogP contribution in [0.2, 0.25) is 0 Å². The van der Waals surface area contributed by atoms with Crippen molar-refractivity contribution in [3.63, 3.8) is 0 Å². The molecule has 0 saturated heterocycles. The minimum atomic E-state index is -2.62. The van der Waals surface area contributed by atoms with Crippen LogP contribution in [0, 0.1) is 0 Å². The first-order valence-electron chi connectivity index (χ1n) is 0.600. The third-order valence-electron chi connectivity index (χ3n) is 0. The van der Waals surface area contributed by atoms with Gasteiger partial charge in [0.15, 0.2) is 0 Å². The Hall–Kier alpha value is 0.600. The number of hydrogen-bond acceptors (Lipinski definition) is 3. The van der Waals surface area contributed by atoms with Gasteiger partial charge in [-0.2, -0.15) is 0 Å². The summed E-state index contributed by atoms with van der Waals surface area (Å²) in [6.45, 7) is 0. The van der Waals surface area contributed by atoms with E-state index in [9.17, 15) is 0 Å². The van der Waals surface area contributed by atoms with Crippen molar-refractivity contribution >= 4 is 21.0 Å². The lowest BCUT2D eigenvalue weighted by atomic mass is 15.8. The molecule has 3 nitrogen and oxygen atoms in total. The quantitative estimate of drug-likeness (QED) is 0.380. The zero-order valence-electron chi connectivity index (χ0n) is 2.20. The van der Waals surface area contributed by atoms with Gasteiger partial charge >= 0.3 is 8.60 Å². The third-order valence-corrected chi connectivity index (χ3v) is 0. The number of halogens is 1. The van der Waals surface area contributed by atoms with Gasteiger partial charge in [0.2, 0.25) is 0 Å². The molecule has 0 aliphatic rings. The van der Waals surface area contributed by atoms with Crippen molar-refractivity contribution in [2.24, 2.45) is 0 Å². The monoisotopic (exact) mass is 118 g/mol. The maximum absolute atomic E-state index is 7.23. The molecule has 0 radical (unpaired) electrons. The molecule has 0 rings (SSSR count). The van der Waals surface area contributed by atoms with Gasteiger partial charge in [-0.25, -0.2) is 0 Å². The van der Waals surface area contributed by atoms with Crippen LogP contribution in [0.15, 0.2) is 0 Å². The SMILES string of the molecule is Cl.OP(O)O. The first kappa shape index (κ1) is 9.14. The first-order chi connectivity index (χ1) is 1.73. The van der Waals surface area contributed by atoms with E-state index < -0.39 is 8.60 Å². The van der Waals surface area contributed by atoms with Crippen LogP contribution in [0.3, 0.4) is 0 Å². The normalized spacial score (nSPS) is 7.20. The molecule has 0 aromatic heterocycles. The fourth-order valence-corrected chi connectivity index (χ4v) is 0. The molecule has 0 spiro atoms. The summed E-state index contributed by atoms with van der Waals surface area (Å²) in [7, 11) is -2.62. The second kappa shape index (κ2) is 4.60. The molecular formula is H4ClO3P. The molecule has 3 N–H and O–H groups in total. The molecule has 0 fully saturated rings. The largest absolute Gasteiger partial charge is 0.328 e. The van der Waals surface area contributed by atoms with E-state index in [2.05, 4.69) is 0 Å². The molecular weight excluding hydrogens is 114 g/mol. The highest BCUT2D eigenvalue weighted by Gasteiger charge is 1.76. The average Bonchev–Trinajstić information content (AvgIpc) is 0.811. The van der Waals surface area contributed by atoms with Crippen LogP contribution in [0.25, 0.3) is 0 Å². The Morgan fingerprint density at radius 2 is 1.00 bits per heavy atom. The van der Waals surface area contributed by atoms with Crippen LogP contribution >= 0.6 is 21.0 Å². The molecule has 0 aliphatic heterocycles. The lowest BCUT2D eigenvalue weighted by Gasteiger charge is -1.76. The Morgan fingerprint density at radius 1 is 1.00 bits per heavy atom. The number of hydrogen-bond donors (Lipinski definition) is 3. The van der Waals surface area contributed by atoms with Crippen molar-refractivity contribution < 1.29 is 14.7 Å². The van der Waals surface area contributed by atoms with E-state index in [1.54, 1.807) is 0 Å². The van der Waals surface area contributed by atoms with Gasteiger partial charge in [-0.3, -0.25) is 0 Å². The smallest absolute Gasteiger partial charge is 0.324 e. The molecule has 0 amide bonds. The molecule has 0 heterocycles. The lowest BCUT2D eigenvalue weighted by molar-refractivity contribution is 0.368. The topological polar surface area (TPSA) is 60.7 Å². The third kappa shape index (κ3) is 86.4. The summed E-state index contributed by atoms with van der Waals surface area (Å²) in [5.41, 5.74) is 0. The van der Waals surface area contributed by atoms with Crippen molar-refractivity contribution in [3.8, 4) is 0 Å². The van der Waals surface area contributed by atoms with E-state index in [-0.39, 0.29) is 12.4 Å². The van der Waals surface area contributed by atoms with Crippen molar-refractivity contribution in [2.75, 3.05) is 0 Å². The van der Waals surface area contributed by atoms with Crippen LogP contribution in [0.5, 0.6) is 0 Å². The Balaban J connectivity index is 0. The van der Waals surface area contributed by atoms with Gasteiger partial charge in [-0.15, -0.1) is 12.4 Å². The maximum Gasteiger partial charge on any atom is 0.324 e. The van der Waals surface area contributed by atoms with Gasteiger partial charge < -0.3 is 14.7 Å². The van der Waals surface area contributed by atoms with Crippen molar-refractivity contribution in [1.82, 2.24) is 0 Å². The van der Waals surface area contributed by atoms with E-state index in [0.29, 0.717) is 0 Å². The zero-order valence-corrected chi connectivity index (χ0v) is 3.91. The minimum absolute atomic E-state index is 0. The molecule has 0 saturated carbocycles. The Labute approximate surface area is 36.7 Å². The van der Waals surface area contributed by atoms with Gasteiger partial charge in [0.25, 0.3) is 0 Å². The standard InChI is InChI=1S/ClH.H3O3P/c;1-4(2)3/h1H;1-3H. The summed E-state index contributed by atoms with van der Waals surface area (Å²) in [5, 5.41) is 0. The summed E-state index contributed by atoms with van der Waals surface area (Å²) in [5.74, 6) is 0. The highest BCUT2D eigenvalue weighted by atomic mass is 35.5. The highest BCUT2D eigenvalue weighted by molar-refractivity contribution is 7.38. The molecule has 0 aromatic carbocycles. The summed E-state index contributed by atoms with van der Waals surface area (Å²) in [6, 6.07) is 0. The second-order valence-corrected chi connectivity index (χ2v) is 0.805. The Kier molecular flexibility index (Phi) is 8.41.